The number of nitrogens with zero attached hydrogens (tertiary/aromatic N) is 1. The summed E-state index contributed by atoms with van der Waals surface area (Å²) in [6, 6.07) is 4.47. The number of hydrogen-bond donors (Lipinski definition) is 1. The molecular formula is C14H19NO5. The smallest absolute Gasteiger partial charge is 0.325 e. The number of aliphatic carboxylic acids is 1. The first-order valence-corrected chi connectivity index (χ1v) is 6.43. The van der Waals surface area contributed by atoms with E-state index >= 15 is 0 Å². The summed E-state index contributed by atoms with van der Waals surface area (Å²) < 4.78 is 15.7. The minimum absolute atomic E-state index is 0.547. The second kappa shape index (κ2) is 6.58. The van der Waals surface area contributed by atoms with Crippen LogP contribution < -0.4 is 9.47 Å². The number of morpholine rings is 1. The summed E-state index contributed by atoms with van der Waals surface area (Å²) in [5.74, 6) is 0.278. The van der Waals surface area contributed by atoms with E-state index in [1.165, 1.54) is 0 Å². The molecule has 1 unspecified atom stereocenters. The molecule has 0 bridgehead atoms. The number of carbonyl (C=O) groups is 1. The molecule has 1 atom stereocenters. The molecule has 0 aromatic heterocycles. The molecule has 0 saturated carbocycles. The molecule has 1 fully saturated rings. The summed E-state index contributed by atoms with van der Waals surface area (Å²) in [6.07, 6.45) is 0. The molecule has 1 aromatic carbocycles. The number of carboxylic acid groups (broad SMARTS) is 1. The molecule has 0 spiro atoms. The van der Waals surface area contributed by atoms with Crippen LogP contribution in [0.25, 0.3) is 0 Å². The molecule has 1 aliphatic rings. The first-order valence-electron chi connectivity index (χ1n) is 6.43. The van der Waals surface area contributed by atoms with Crippen molar-refractivity contribution in [3.8, 4) is 11.5 Å². The lowest BCUT2D eigenvalue weighted by Gasteiger charge is -2.32. The molecule has 20 heavy (non-hydrogen) atoms. The standard InChI is InChI=1S/C14H19NO5/c1-18-11-7-10(8-12(9-11)19-2)13(14(16)17)15-3-5-20-6-4-15/h7-9,13H,3-6H2,1-2H3,(H,16,17). The molecule has 0 radical (unpaired) electrons. The van der Waals surface area contributed by atoms with E-state index in [0.717, 1.165) is 0 Å². The number of benzene rings is 1. The topological polar surface area (TPSA) is 68.2 Å². The molecule has 110 valence electrons. The summed E-state index contributed by atoms with van der Waals surface area (Å²) in [5.41, 5.74) is 0.649. The van der Waals surface area contributed by atoms with Crippen LogP contribution in [-0.4, -0.2) is 56.5 Å². The van der Waals surface area contributed by atoms with Gasteiger partial charge >= 0.3 is 5.97 Å². The van der Waals surface area contributed by atoms with Crippen molar-refractivity contribution in [2.45, 2.75) is 6.04 Å². The molecular weight excluding hydrogens is 262 g/mol. The van der Waals surface area contributed by atoms with Crippen molar-refractivity contribution in [1.29, 1.82) is 0 Å². The van der Waals surface area contributed by atoms with Gasteiger partial charge in [0.15, 0.2) is 0 Å². The fourth-order valence-electron chi connectivity index (χ4n) is 2.33. The van der Waals surface area contributed by atoms with E-state index in [4.69, 9.17) is 14.2 Å². The van der Waals surface area contributed by atoms with Crippen molar-refractivity contribution in [3.05, 3.63) is 23.8 Å². The number of hydrogen-bond acceptors (Lipinski definition) is 5. The highest BCUT2D eigenvalue weighted by molar-refractivity contribution is 5.76. The predicted molar refractivity (Wildman–Crippen MR) is 72.3 cm³/mol. The Balaban J connectivity index is 2.35. The molecule has 1 N–H and O–H groups in total. The first-order chi connectivity index (χ1) is 9.65. The van der Waals surface area contributed by atoms with Crippen LogP contribution in [0.4, 0.5) is 0 Å². The van der Waals surface area contributed by atoms with Gasteiger partial charge in [-0.25, -0.2) is 0 Å². The van der Waals surface area contributed by atoms with Gasteiger partial charge in [0.05, 0.1) is 27.4 Å². The summed E-state index contributed by atoms with van der Waals surface area (Å²) in [6.45, 7) is 2.28. The summed E-state index contributed by atoms with van der Waals surface area (Å²) in [5, 5.41) is 9.54. The van der Waals surface area contributed by atoms with E-state index in [2.05, 4.69) is 0 Å². The van der Waals surface area contributed by atoms with Crippen LogP contribution in [0.3, 0.4) is 0 Å². The monoisotopic (exact) mass is 281 g/mol. The van der Waals surface area contributed by atoms with E-state index < -0.39 is 12.0 Å². The molecule has 1 saturated heterocycles. The second-order valence-electron chi connectivity index (χ2n) is 4.54. The summed E-state index contributed by atoms with van der Waals surface area (Å²) in [7, 11) is 3.09. The second-order valence-corrected chi connectivity index (χ2v) is 4.54. The van der Waals surface area contributed by atoms with Crippen molar-refractivity contribution in [3.63, 3.8) is 0 Å². The average molecular weight is 281 g/mol. The van der Waals surface area contributed by atoms with E-state index in [1.807, 2.05) is 4.90 Å². The van der Waals surface area contributed by atoms with Crippen LogP contribution in [0.1, 0.15) is 11.6 Å². The third kappa shape index (κ3) is 3.20. The number of rotatable bonds is 5. The maximum absolute atomic E-state index is 11.6. The van der Waals surface area contributed by atoms with Gasteiger partial charge in [-0.3, -0.25) is 9.69 Å². The molecule has 2 rings (SSSR count). The fourth-order valence-corrected chi connectivity index (χ4v) is 2.33. The third-order valence-electron chi connectivity index (χ3n) is 3.33. The van der Waals surface area contributed by atoms with E-state index in [1.54, 1.807) is 32.4 Å². The van der Waals surface area contributed by atoms with Gasteiger partial charge in [0.25, 0.3) is 0 Å². The number of ether oxygens (including phenoxy) is 3. The van der Waals surface area contributed by atoms with E-state index in [-0.39, 0.29) is 0 Å². The largest absolute Gasteiger partial charge is 0.497 e. The normalized spacial score (nSPS) is 17.5. The van der Waals surface area contributed by atoms with Gasteiger partial charge in [-0.05, 0) is 17.7 Å². The van der Waals surface area contributed by atoms with Crippen molar-refractivity contribution in [1.82, 2.24) is 4.90 Å². The predicted octanol–water partition coefficient (Wildman–Crippen LogP) is 1.16. The van der Waals surface area contributed by atoms with Crippen LogP contribution in [0, 0.1) is 0 Å². The van der Waals surface area contributed by atoms with Gasteiger partial charge in [-0.15, -0.1) is 0 Å². The van der Waals surface area contributed by atoms with Crippen molar-refractivity contribution < 1.29 is 24.1 Å². The highest BCUT2D eigenvalue weighted by atomic mass is 16.5. The minimum atomic E-state index is -0.887. The quantitative estimate of drug-likeness (QED) is 0.873. The first kappa shape index (κ1) is 14.6. The Morgan fingerprint density at radius 3 is 2.20 bits per heavy atom. The van der Waals surface area contributed by atoms with E-state index in [9.17, 15) is 9.90 Å². The lowest BCUT2D eigenvalue weighted by atomic mass is 10.0. The van der Waals surface area contributed by atoms with Crippen LogP contribution in [-0.2, 0) is 9.53 Å². The van der Waals surface area contributed by atoms with Crippen LogP contribution in [0.2, 0.25) is 0 Å². The Morgan fingerprint density at radius 1 is 1.20 bits per heavy atom. The maximum Gasteiger partial charge on any atom is 0.325 e. The van der Waals surface area contributed by atoms with Crippen LogP contribution in [0.5, 0.6) is 11.5 Å². The fraction of sp³-hybridized carbons (Fsp3) is 0.500. The molecule has 0 aliphatic carbocycles. The Bertz CT molecular complexity index is 448. The van der Waals surface area contributed by atoms with Crippen molar-refractivity contribution in [2.75, 3.05) is 40.5 Å². The Morgan fingerprint density at radius 2 is 1.75 bits per heavy atom. The van der Waals surface area contributed by atoms with Gasteiger partial charge in [0.1, 0.15) is 17.5 Å². The average Bonchev–Trinajstić information content (AvgIpc) is 2.47. The zero-order chi connectivity index (χ0) is 14.5. The SMILES string of the molecule is COc1cc(OC)cc(C(C(=O)O)N2CCOCC2)c1. The Kier molecular flexibility index (Phi) is 4.81. The lowest BCUT2D eigenvalue weighted by Crippen LogP contribution is -2.42. The number of carboxylic acids is 1. The summed E-state index contributed by atoms with van der Waals surface area (Å²) in [4.78, 5) is 13.5. The zero-order valence-electron chi connectivity index (χ0n) is 11.7. The molecule has 6 heteroatoms. The Hall–Kier alpha value is -1.79. The van der Waals surface area contributed by atoms with Gasteiger partial charge in [0, 0.05) is 19.2 Å². The third-order valence-corrected chi connectivity index (χ3v) is 3.33. The molecule has 1 heterocycles. The van der Waals surface area contributed by atoms with Crippen LogP contribution >= 0.6 is 0 Å². The number of methoxy groups -OCH3 is 2. The highest BCUT2D eigenvalue weighted by Gasteiger charge is 2.29. The van der Waals surface area contributed by atoms with Gasteiger partial charge in [0.2, 0.25) is 0 Å². The minimum Gasteiger partial charge on any atom is -0.497 e. The zero-order valence-corrected chi connectivity index (χ0v) is 11.7. The van der Waals surface area contributed by atoms with Gasteiger partial charge in [-0.2, -0.15) is 0 Å². The van der Waals surface area contributed by atoms with Gasteiger partial charge in [-0.1, -0.05) is 0 Å². The maximum atomic E-state index is 11.6. The molecule has 1 aliphatic heterocycles. The molecule has 1 aromatic rings. The molecule has 0 amide bonds. The van der Waals surface area contributed by atoms with Crippen LogP contribution in [0.15, 0.2) is 18.2 Å². The Labute approximate surface area is 117 Å². The molecule has 6 nitrogen and oxygen atoms in total. The highest BCUT2D eigenvalue weighted by Crippen LogP contribution is 2.30. The lowest BCUT2D eigenvalue weighted by molar-refractivity contribution is -0.145. The van der Waals surface area contributed by atoms with Crippen molar-refractivity contribution in [2.24, 2.45) is 0 Å². The van der Waals surface area contributed by atoms with Gasteiger partial charge < -0.3 is 19.3 Å². The van der Waals surface area contributed by atoms with E-state index in [0.29, 0.717) is 43.4 Å². The van der Waals surface area contributed by atoms with Crippen molar-refractivity contribution >= 4 is 5.97 Å². The summed E-state index contributed by atoms with van der Waals surface area (Å²) >= 11 is 0.